The number of ether oxygens (including phenoxy) is 1. The summed E-state index contributed by atoms with van der Waals surface area (Å²) in [4.78, 5) is 28.7. The number of aromatic nitrogens is 1. The van der Waals surface area contributed by atoms with Crippen molar-refractivity contribution in [2.45, 2.75) is 17.7 Å². The molecule has 2 aromatic heterocycles. The van der Waals surface area contributed by atoms with Gasteiger partial charge in [0.2, 0.25) is 0 Å². The summed E-state index contributed by atoms with van der Waals surface area (Å²) in [5.74, 6) is 0.930. The van der Waals surface area contributed by atoms with E-state index in [1.165, 1.54) is 18.7 Å². The van der Waals surface area contributed by atoms with Gasteiger partial charge in [0.05, 0.1) is 18.4 Å². The molecule has 0 spiro atoms. The first kappa shape index (κ1) is 25.0. The van der Waals surface area contributed by atoms with Gasteiger partial charge in [-0.2, -0.15) is 5.26 Å². The molecule has 5 aromatic rings. The molecule has 0 aliphatic carbocycles. The minimum absolute atomic E-state index is 0.0235. The average molecular weight is 519 g/mol. The molecule has 0 N–H and O–H groups in total. The van der Waals surface area contributed by atoms with Crippen LogP contribution in [0, 0.1) is 11.3 Å². The summed E-state index contributed by atoms with van der Waals surface area (Å²) in [7, 11) is 1.62. The van der Waals surface area contributed by atoms with E-state index in [1.54, 1.807) is 19.2 Å². The van der Waals surface area contributed by atoms with E-state index in [2.05, 4.69) is 6.07 Å². The number of hydrogen-bond acceptors (Lipinski definition) is 7. The van der Waals surface area contributed by atoms with Crippen molar-refractivity contribution in [3.05, 3.63) is 112 Å². The Kier molecular flexibility index (Phi) is 7.07. The second-order valence-corrected chi connectivity index (χ2v) is 9.57. The van der Waals surface area contributed by atoms with Crippen LogP contribution in [0.3, 0.4) is 0 Å². The molecule has 7 heteroatoms. The van der Waals surface area contributed by atoms with Gasteiger partial charge in [-0.3, -0.25) is 4.79 Å². The number of benzene rings is 3. The maximum absolute atomic E-state index is 12.0. The molecular weight excluding hydrogens is 496 g/mol. The van der Waals surface area contributed by atoms with E-state index in [0.717, 1.165) is 33.7 Å². The van der Waals surface area contributed by atoms with Crippen LogP contribution in [0.4, 0.5) is 0 Å². The molecule has 0 bridgehead atoms. The van der Waals surface area contributed by atoms with Gasteiger partial charge in [0, 0.05) is 22.3 Å². The first-order chi connectivity index (χ1) is 18.5. The Balaban J connectivity index is 1.55. The third-order valence-corrected chi connectivity index (χ3v) is 7.17. The molecule has 0 atom stereocenters. The van der Waals surface area contributed by atoms with Gasteiger partial charge >= 0.3 is 5.63 Å². The lowest BCUT2D eigenvalue weighted by Crippen LogP contribution is -2.10. The minimum atomic E-state index is -0.640. The summed E-state index contributed by atoms with van der Waals surface area (Å²) in [5.41, 5.74) is 4.64. The highest BCUT2D eigenvalue weighted by Crippen LogP contribution is 2.36. The van der Waals surface area contributed by atoms with Crippen LogP contribution in [0.15, 0.2) is 99.2 Å². The number of carbonyl (C=O) groups excluding carboxylic acids is 1. The van der Waals surface area contributed by atoms with Crippen molar-refractivity contribution in [3.8, 4) is 34.2 Å². The quantitative estimate of drug-likeness (QED) is 0.131. The van der Waals surface area contributed by atoms with Gasteiger partial charge in [-0.15, -0.1) is 11.8 Å². The van der Waals surface area contributed by atoms with Gasteiger partial charge in [-0.25, -0.2) is 9.78 Å². The van der Waals surface area contributed by atoms with Crippen molar-refractivity contribution < 1.29 is 13.9 Å². The SMILES string of the molecule is COc1ccc(-c2cc(-c3ccccc3)c(C#N)c(SCc3ccc4oc(=O)c(C(C)=O)cc4c3)n2)cc1. The molecule has 38 heavy (non-hydrogen) atoms. The lowest BCUT2D eigenvalue weighted by molar-refractivity contribution is 0.101. The van der Waals surface area contributed by atoms with E-state index in [9.17, 15) is 14.9 Å². The third-order valence-electron chi connectivity index (χ3n) is 6.12. The first-order valence-electron chi connectivity index (χ1n) is 11.8. The molecule has 0 saturated heterocycles. The second kappa shape index (κ2) is 10.8. The standard InChI is InChI=1S/C31H22N2O4S/c1-19(34)25-15-23-14-20(8-13-29(23)37-31(25)35)18-38-30-27(17-32)26(21-6-4-3-5-7-21)16-28(33-30)22-9-11-24(36-2)12-10-22/h3-16H,18H2,1-2H3. The highest BCUT2D eigenvalue weighted by Gasteiger charge is 2.17. The number of carbonyl (C=O) groups is 1. The molecule has 0 fully saturated rings. The van der Waals surface area contributed by atoms with E-state index in [-0.39, 0.29) is 11.3 Å². The van der Waals surface area contributed by atoms with Crippen molar-refractivity contribution in [2.24, 2.45) is 0 Å². The molecular formula is C31H22N2O4S. The number of fused-ring (bicyclic) bond motifs is 1. The van der Waals surface area contributed by atoms with E-state index >= 15 is 0 Å². The zero-order valence-electron chi connectivity index (χ0n) is 20.7. The van der Waals surface area contributed by atoms with Crippen LogP contribution in [0.2, 0.25) is 0 Å². The number of ketones is 1. The first-order valence-corrected chi connectivity index (χ1v) is 12.8. The fourth-order valence-corrected chi connectivity index (χ4v) is 5.09. The minimum Gasteiger partial charge on any atom is -0.497 e. The number of Topliss-reactive ketones (excluding diaryl/α,β-unsaturated/α-hetero) is 1. The average Bonchev–Trinajstić information content (AvgIpc) is 2.95. The van der Waals surface area contributed by atoms with E-state index < -0.39 is 5.63 Å². The Hall–Kier alpha value is -4.67. The lowest BCUT2D eigenvalue weighted by Gasteiger charge is -2.13. The number of rotatable bonds is 7. The Morgan fingerprint density at radius 1 is 1.00 bits per heavy atom. The van der Waals surface area contributed by atoms with Crippen molar-refractivity contribution in [1.29, 1.82) is 5.26 Å². The van der Waals surface area contributed by atoms with Gasteiger partial charge < -0.3 is 9.15 Å². The second-order valence-electron chi connectivity index (χ2n) is 8.61. The normalized spacial score (nSPS) is 10.8. The summed E-state index contributed by atoms with van der Waals surface area (Å²) >= 11 is 1.45. The molecule has 3 aromatic carbocycles. The van der Waals surface area contributed by atoms with Crippen LogP contribution in [0.5, 0.6) is 5.75 Å². The smallest absolute Gasteiger partial charge is 0.347 e. The Labute approximate surface area is 223 Å². The van der Waals surface area contributed by atoms with E-state index in [1.807, 2.05) is 72.8 Å². The van der Waals surface area contributed by atoms with Gasteiger partial charge in [0.1, 0.15) is 28.0 Å². The number of pyridine rings is 1. The summed E-state index contributed by atoms with van der Waals surface area (Å²) in [6, 6.07) is 28.8. The van der Waals surface area contributed by atoms with Crippen molar-refractivity contribution in [1.82, 2.24) is 4.98 Å². The molecule has 0 aliphatic rings. The van der Waals surface area contributed by atoms with Gasteiger partial charge in [0.15, 0.2) is 5.78 Å². The third kappa shape index (κ3) is 5.08. The topological polar surface area (TPSA) is 93.2 Å². The van der Waals surface area contributed by atoms with Crippen LogP contribution in [-0.4, -0.2) is 17.9 Å². The van der Waals surface area contributed by atoms with Crippen molar-refractivity contribution >= 4 is 28.5 Å². The van der Waals surface area contributed by atoms with E-state index in [0.29, 0.717) is 27.3 Å². The monoisotopic (exact) mass is 518 g/mol. The molecule has 6 nitrogen and oxygen atoms in total. The fourth-order valence-electron chi connectivity index (χ4n) is 4.15. The number of methoxy groups -OCH3 is 1. The largest absolute Gasteiger partial charge is 0.497 e. The predicted molar refractivity (Wildman–Crippen MR) is 148 cm³/mol. The Morgan fingerprint density at radius 2 is 1.76 bits per heavy atom. The number of thioether (sulfide) groups is 1. The van der Waals surface area contributed by atoms with Crippen LogP contribution in [-0.2, 0) is 5.75 Å². The van der Waals surface area contributed by atoms with E-state index in [4.69, 9.17) is 14.1 Å². The molecule has 0 radical (unpaired) electrons. The fraction of sp³-hybridized carbons (Fsp3) is 0.0968. The zero-order chi connectivity index (χ0) is 26.6. The molecule has 186 valence electrons. The Morgan fingerprint density at radius 3 is 2.45 bits per heavy atom. The molecule has 0 unspecified atom stereocenters. The highest BCUT2D eigenvalue weighted by molar-refractivity contribution is 7.98. The van der Waals surface area contributed by atoms with Crippen LogP contribution < -0.4 is 10.4 Å². The number of nitrogens with zero attached hydrogens (tertiary/aromatic N) is 2. The molecule has 5 rings (SSSR count). The van der Waals surface area contributed by atoms with Gasteiger partial charge in [-0.05, 0) is 66.6 Å². The van der Waals surface area contributed by atoms with Gasteiger partial charge in [0.25, 0.3) is 0 Å². The number of hydrogen-bond donors (Lipinski definition) is 0. The molecule has 0 saturated carbocycles. The van der Waals surface area contributed by atoms with Crippen LogP contribution >= 0.6 is 11.8 Å². The summed E-state index contributed by atoms with van der Waals surface area (Å²) < 4.78 is 10.6. The maximum atomic E-state index is 12.0. The van der Waals surface area contributed by atoms with Gasteiger partial charge in [-0.1, -0.05) is 36.4 Å². The summed E-state index contributed by atoms with van der Waals surface area (Å²) in [6.07, 6.45) is 0. The van der Waals surface area contributed by atoms with Crippen LogP contribution in [0.1, 0.15) is 28.4 Å². The summed E-state index contributed by atoms with van der Waals surface area (Å²) in [5, 5.41) is 11.4. The lowest BCUT2D eigenvalue weighted by atomic mass is 9.99. The Bertz CT molecular complexity index is 1750. The summed E-state index contributed by atoms with van der Waals surface area (Å²) in [6.45, 7) is 1.34. The van der Waals surface area contributed by atoms with Crippen molar-refractivity contribution in [2.75, 3.05) is 7.11 Å². The maximum Gasteiger partial charge on any atom is 0.347 e. The zero-order valence-corrected chi connectivity index (χ0v) is 21.5. The molecule has 2 heterocycles. The molecule has 0 aliphatic heterocycles. The van der Waals surface area contributed by atoms with Crippen LogP contribution in [0.25, 0.3) is 33.4 Å². The number of nitriles is 1. The highest BCUT2D eigenvalue weighted by atomic mass is 32.2. The predicted octanol–water partition coefficient (Wildman–Crippen LogP) is 6.90. The molecule has 0 amide bonds. The van der Waals surface area contributed by atoms with Crippen molar-refractivity contribution in [3.63, 3.8) is 0 Å².